The third-order valence-corrected chi connectivity index (χ3v) is 3.82. The molecule has 1 unspecified atom stereocenters. The highest BCUT2D eigenvalue weighted by Gasteiger charge is 2.39. The highest BCUT2D eigenvalue weighted by Crippen LogP contribution is 2.39. The molecule has 1 saturated carbocycles. The molecular weight excluding hydrogens is 243 g/mol. The van der Waals surface area contributed by atoms with Crippen molar-refractivity contribution in [1.29, 1.82) is 0 Å². The van der Waals surface area contributed by atoms with E-state index in [0.717, 1.165) is 32.2 Å². The zero-order chi connectivity index (χ0) is 13.6. The maximum absolute atomic E-state index is 12.1. The third kappa shape index (κ3) is 5.14. The molecular formula is C13H24F3NO. The summed E-state index contributed by atoms with van der Waals surface area (Å²) in [6.45, 7) is 2.77. The van der Waals surface area contributed by atoms with E-state index in [4.69, 9.17) is 4.74 Å². The van der Waals surface area contributed by atoms with Crippen molar-refractivity contribution < 1.29 is 17.9 Å². The van der Waals surface area contributed by atoms with E-state index in [2.05, 4.69) is 5.32 Å². The number of hydrogen-bond acceptors (Lipinski definition) is 2. The Morgan fingerprint density at radius 1 is 1.33 bits per heavy atom. The van der Waals surface area contributed by atoms with Crippen molar-refractivity contribution in [3.8, 4) is 0 Å². The SMILES string of the molecule is CCNC(CCCC(F)(F)F)CC1(OC)CCC1. The van der Waals surface area contributed by atoms with Gasteiger partial charge in [0.05, 0.1) is 5.60 Å². The van der Waals surface area contributed by atoms with Crippen molar-refractivity contribution in [1.82, 2.24) is 5.32 Å². The Labute approximate surface area is 107 Å². The summed E-state index contributed by atoms with van der Waals surface area (Å²) in [5.41, 5.74) is -0.0783. The van der Waals surface area contributed by atoms with Crippen LogP contribution in [0.3, 0.4) is 0 Å². The quantitative estimate of drug-likeness (QED) is 0.724. The van der Waals surface area contributed by atoms with Gasteiger partial charge in [-0.1, -0.05) is 6.92 Å². The molecule has 5 heteroatoms. The van der Waals surface area contributed by atoms with Crippen molar-refractivity contribution in [2.24, 2.45) is 0 Å². The highest BCUT2D eigenvalue weighted by molar-refractivity contribution is 4.93. The first kappa shape index (κ1) is 15.8. The molecule has 1 N–H and O–H groups in total. The van der Waals surface area contributed by atoms with Gasteiger partial charge in [0.1, 0.15) is 0 Å². The Hall–Kier alpha value is -0.290. The summed E-state index contributed by atoms with van der Waals surface area (Å²) in [5.74, 6) is 0. The minimum absolute atomic E-state index is 0.0783. The molecule has 0 bridgehead atoms. The van der Waals surface area contributed by atoms with Gasteiger partial charge in [0.15, 0.2) is 0 Å². The number of hydrogen-bond donors (Lipinski definition) is 1. The summed E-state index contributed by atoms with van der Waals surface area (Å²) < 4.78 is 41.9. The van der Waals surface area contributed by atoms with Gasteiger partial charge in [-0.25, -0.2) is 0 Å². The molecule has 0 saturated heterocycles. The Balaban J connectivity index is 2.35. The van der Waals surface area contributed by atoms with E-state index in [1.807, 2.05) is 6.92 Å². The molecule has 1 rings (SSSR count). The zero-order valence-corrected chi connectivity index (χ0v) is 11.3. The van der Waals surface area contributed by atoms with Crippen LogP contribution >= 0.6 is 0 Å². The lowest BCUT2D eigenvalue weighted by molar-refractivity contribution is -0.136. The van der Waals surface area contributed by atoms with Crippen molar-refractivity contribution in [3.63, 3.8) is 0 Å². The van der Waals surface area contributed by atoms with Gasteiger partial charge in [0.2, 0.25) is 0 Å². The predicted molar refractivity (Wildman–Crippen MR) is 65.6 cm³/mol. The molecule has 0 radical (unpaired) electrons. The van der Waals surface area contributed by atoms with E-state index in [9.17, 15) is 13.2 Å². The molecule has 18 heavy (non-hydrogen) atoms. The molecule has 1 fully saturated rings. The maximum atomic E-state index is 12.1. The summed E-state index contributed by atoms with van der Waals surface area (Å²) >= 11 is 0. The Kier molecular flexibility index (Phi) is 5.92. The largest absolute Gasteiger partial charge is 0.389 e. The van der Waals surface area contributed by atoms with E-state index >= 15 is 0 Å². The molecule has 0 spiro atoms. The predicted octanol–water partition coefficient (Wildman–Crippen LogP) is 3.66. The number of rotatable bonds is 8. The molecule has 108 valence electrons. The number of ether oxygens (including phenoxy) is 1. The van der Waals surface area contributed by atoms with E-state index in [0.29, 0.717) is 6.42 Å². The standard InChI is InChI=1S/C13H24F3NO/c1-3-17-11(6-4-9-13(14,15)16)10-12(18-2)7-5-8-12/h11,17H,3-10H2,1-2H3. The van der Waals surface area contributed by atoms with Crippen LogP contribution in [0, 0.1) is 0 Å². The lowest BCUT2D eigenvalue weighted by atomic mass is 9.75. The summed E-state index contributed by atoms with van der Waals surface area (Å²) in [6.07, 6.45) is 0.0975. The average Bonchev–Trinajstić information content (AvgIpc) is 2.21. The first-order valence-electron chi connectivity index (χ1n) is 6.76. The van der Waals surface area contributed by atoms with E-state index in [1.165, 1.54) is 0 Å². The molecule has 0 aromatic rings. The molecule has 1 atom stereocenters. The van der Waals surface area contributed by atoms with Crippen molar-refractivity contribution in [2.45, 2.75) is 69.7 Å². The van der Waals surface area contributed by atoms with Crippen molar-refractivity contribution in [3.05, 3.63) is 0 Å². The van der Waals surface area contributed by atoms with Crippen molar-refractivity contribution >= 4 is 0 Å². The molecule has 1 aliphatic rings. The molecule has 0 heterocycles. The minimum Gasteiger partial charge on any atom is -0.378 e. The van der Waals surface area contributed by atoms with Crippen LogP contribution in [-0.2, 0) is 4.74 Å². The summed E-state index contributed by atoms with van der Waals surface area (Å²) in [7, 11) is 1.71. The minimum atomic E-state index is -4.04. The number of halogens is 3. The van der Waals surface area contributed by atoms with Gasteiger partial charge < -0.3 is 10.1 Å². The third-order valence-electron chi connectivity index (χ3n) is 3.82. The molecule has 0 amide bonds. The average molecular weight is 267 g/mol. The first-order chi connectivity index (χ1) is 8.41. The fourth-order valence-corrected chi connectivity index (χ4v) is 2.63. The van der Waals surface area contributed by atoms with Crippen LogP contribution in [0.4, 0.5) is 13.2 Å². The second kappa shape index (κ2) is 6.75. The van der Waals surface area contributed by atoms with Crippen LogP contribution < -0.4 is 5.32 Å². The Bertz CT molecular complexity index is 233. The van der Waals surface area contributed by atoms with E-state index < -0.39 is 12.6 Å². The number of alkyl halides is 3. The van der Waals surface area contributed by atoms with Gasteiger partial charge in [0, 0.05) is 19.6 Å². The molecule has 1 aliphatic carbocycles. The maximum Gasteiger partial charge on any atom is 0.389 e. The van der Waals surface area contributed by atoms with Crippen LogP contribution in [0.5, 0.6) is 0 Å². The van der Waals surface area contributed by atoms with E-state index in [-0.39, 0.29) is 18.1 Å². The monoisotopic (exact) mass is 267 g/mol. The second-order valence-corrected chi connectivity index (χ2v) is 5.21. The number of methoxy groups -OCH3 is 1. The second-order valence-electron chi connectivity index (χ2n) is 5.21. The first-order valence-corrected chi connectivity index (χ1v) is 6.76. The lowest BCUT2D eigenvalue weighted by Crippen LogP contribution is -2.46. The molecule has 0 aliphatic heterocycles. The van der Waals surface area contributed by atoms with Crippen molar-refractivity contribution in [2.75, 3.05) is 13.7 Å². The lowest BCUT2D eigenvalue weighted by Gasteiger charge is -2.43. The van der Waals surface area contributed by atoms with Gasteiger partial charge in [-0.05, 0) is 45.1 Å². The van der Waals surface area contributed by atoms with Gasteiger partial charge in [-0.2, -0.15) is 13.2 Å². The molecule has 0 aromatic carbocycles. The summed E-state index contributed by atoms with van der Waals surface area (Å²) in [4.78, 5) is 0. The summed E-state index contributed by atoms with van der Waals surface area (Å²) in [6, 6.07) is 0.137. The van der Waals surface area contributed by atoms with Crippen LogP contribution in [-0.4, -0.2) is 31.5 Å². The van der Waals surface area contributed by atoms with Crippen LogP contribution in [0.15, 0.2) is 0 Å². The fraction of sp³-hybridized carbons (Fsp3) is 1.00. The topological polar surface area (TPSA) is 21.3 Å². The Morgan fingerprint density at radius 3 is 2.39 bits per heavy atom. The number of nitrogens with one attached hydrogen (secondary N) is 1. The zero-order valence-electron chi connectivity index (χ0n) is 11.3. The van der Waals surface area contributed by atoms with E-state index in [1.54, 1.807) is 7.11 Å². The van der Waals surface area contributed by atoms with Crippen LogP contribution in [0.1, 0.15) is 51.9 Å². The Morgan fingerprint density at radius 2 is 2.00 bits per heavy atom. The van der Waals surface area contributed by atoms with Gasteiger partial charge in [0.25, 0.3) is 0 Å². The van der Waals surface area contributed by atoms with Crippen LogP contribution in [0.25, 0.3) is 0 Å². The normalized spacial score (nSPS) is 20.5. The fourth-order valence-electron chi connectivity index (χ4n) is 2.63. The summed E-state index contributed by atoms with van der Waals surface area (Å²) in [5, 5.41) is 3.28. The molecule has 0 aromatic heterocycles. The van der Waals surface area contributed by atoms with Gasteiger partial charge in [-0.15, -0.1) is 0 Å². The van der Waals surface area contributed by atoms with Gasteiger partial charge in [-0.3, -0.25) is 0 Å². The van der Waals surface area contributed by atoms with Gasteiger partial charge >= 0.3 is 6.18 Å². The smallest absolute Gasteiger partial charge is 0.378 e. The van der Waals surface area contributed by atoms with Crippen LogP contribution in [0.2, 0.25) is 0 Å². The molecule has 2 nitrogen and oxygen atoms in total. The highest BCUT2D eigenvalue weighted by atomic mass is 19.4.